The molecule has 0 unspecified atom stereocenters. The Labute approximate surface area is 142 Å². The molecular formula is C20H22FN3. The van der Waals surface area contributed by atoms with E-state index in [2.05, 4.69) is 28.2 Å². The third-order valence-corrected chi connectivity index (χ3v) is 4.42. The maximum Gasteiger partial charge on any atom is 0.124 e. The van der Waals surface area contributed by atoms with Crippen LogP contribution in [0.2, 0.25) is 0 Å². The Morgan fingerprint density at radius 1 is 1.25 bits per heavy atom. The third kappa shape index (κ3) is 3.00. The van der Waals surface area contributed by atoms with Gasteiger partial charge in [0, 0.05) is 29.3 Å². The number of hydrogen-bond donors (Lipinski definition) is 1. The summed E-state index contributed by atoms with van der Waals surface area (Å²) in [5.41, 5.74) is 5.18. The van der Waals surface area contributed by atoms with Crippen molar-refractivity contribution in [3.63, 3.8) is 0 Å². The van der Waals surface area contributed by atoms with Crippen molar-refractivity contribution in [1.29, 1.82) is 5.26 Å². The van der Waals surface area contributed by atoms with E-state index in [1.807, 2.05) is 20.2 Å². The molecule has 1 aliphatic heterocycles. The van der Waals surface area contributed by atoms with Gasteiger partial charge in [0.2, 0.25) is 0 Å². The number of nitrogens with one attached hydrogen (secondary N) is 1. The molecule has 2 heterocycles. The van der Waals surface area contributed by atoms with Crippen LogP contribution in [0.4, 0.5) is 4.39 Å². The molecule has 3 nitrogen and oxygen atoms in total. The van der Waals surface area contributed by atoms with Crippen LogP contribution in [-0.4, -0.2) is 18.7 Å². The van der Waals surface area contributed by atoms with Gasteiger partial charge in [-0.2, -0.15) is 5.26 Å². The maximum atomic E-state index is 13.9. The summed E-state index contributed by atoms with van der Waals surface area (Å²) in [6.07, 6.45) is 9.90. The van der Waals surface area contributed by atoms with Gasteiger partial charge in [0.05, 0.1) is 11.6 Å². The summed E-state index contributed by atoms with van der Waals surface area (Å²) in [6.45, 7) is 0.983. The second-order valence-corrected chi connectivity index (χ2v) is 6.28. The van der Waals surface area contributed by atoms with Crippen LogP contribution in [0.25, 0.3) is 16.5 Å². The van der Waals surface area contributed by atoms with Gasteiger partial charge >= 0.3 is 0 Å². The van der Waals surface area contributed by atoms with Gasteiger partial charge in [0.25, 0.3) is 0 Å². The lowest BCUT2D eigenvalue weighted by molar-refractivity contribution is 0.611. The molecule has 4 heteroatoms. The van der Waals surface area contributed by atoms with E-state index in [1.165, 1.54) is 0 Å². The zero-order valence-corrected chi connectivity index (χ0v) is 14.2. The lowest BCUT2D eigenvalue weighted by Crippen LogP contribution is -2.06. The van der Waals surface area contributed by atoms with E-state index in [0.717, 1.165) is 65.4 Å². The average Bonchev–Trinajstić information content (AvgIpc) is 2.96. The second kappa shape index (κ2) is 7.02. The summed E-state index contributed by atoms with van der Waals surface area (Å²) in [4.78, 5) is 0. The van der Waals surface area contributed by atoms with Crippen LogP contribution in [0.3, 0.4) is 0 Å². The van der Waals surface area contributed by atoms with Gasteiger partial charge in [-0.15, -0.1) is 0 Å². The van der Waals surface area contributed by atoms with E-state index in [9.17, 15) is 4.39 Å². The first kappa shape index (κ1) is 16.5. The molecule has 0 saturated heterocycles. The predicted octanol–water partition coefficient (Wildman–Crippen LogP) is 4.19. The number of aryl methyl sites for hydroxylation is 2. The zero-order chi connectivity index (χ0) is 17.1. The van der Waals surface area contributed by atoms with Crippen molar-refractivity contribution < 1.29 is 4.39 Å². The molecule has 0 amide bonds. The van der Waals surface area contributed by atoms with Crippen molar-refractivity contribution in [3.05, 3.63) is 53.0 Å². The number of benzene rings is 1. The van der Waals surface area contributed by atoms with Gasteiger partial charge in [0.15, 0.2) is 0 Å². The van der Waals surface area contributed by atoms with Crippen LogP contribution >= 0.6 is 0 Å². The summed E-state index contributed by atoms with van der Waals surface area (Å²) in [5.74, 6) is -0.167. The van der Waals surface area contributed by atoms with E-state index in [4.69, 9.17) is 5.26 Å². The Morgan fingerprint density at radius 3 is 2.79 bits per heavy atom. The topological polar surface area (TPSA) is 40.8 Å². The SMILES string of the molecule is CNC.N#CC1=CC(c2cn3c4c(cc(F)cc24)CCC3)=CCC1. The Morgan fingerprint density at radius 2 is 2.04 bits per heavy atom. The van der Waals surface area contributed by atoms with Gasteiger partial charge in [-0.25, -0.2) is 4.39 Å². The fourth-order valence-electron chi connectivity index (χ4n) is 3.50. The Kier molecular flexibility index (Phi) is 4.82. The lowest BCUT2D eigenvalue weighted by Gasteiger charge is -2.15. The first-order chi connectivity index (χ1) is 11.7. The minimum Gasteiger partial charge on any atom is -0.347 e. The highest BCUT2D eigenvalue weighted by molar-refractivity contribution is 5.97. The molecule has 1 aliphatic carbocycles. The van der Waals surface area contributed by atoms with Crippen molar-refractivity contribution in [2.45, 2.75) is 32.2 Å². The number of allylic oxidation sites excluding steroid dienone is 4. The van der Waals surface area contributed by atoms with Crippen molar-refractivity contribution in [3.8, 4) is 6.07 Å². The number of rotatable bonds is 1. The van der Waals surface area contributed by atoms with Gasteiger partial charge in [0.1, 0.15) is 5.82 Å². The molecule has 0 spiro atoms. The molecule has 124 valence electrons. The smallest absolute Gasteiger partial charge is 0.124 e. The number of halogens is 1. The molecule has 2 aromatic rings. The molecular weight excluding hydrogens is 301 g/mol. The Hall–Kier alpha value is -2.38. The van der Waals surface area contributed by atoms with Crippen LogP contribution < -0.4 is 5.32 Å². The third-order valence-electron chi connectivity index (χ3n) is 4.42. The second-order valence-electron chi connectivity index (χ2n) is 6.28. The van der Waals surface area contributed by atoms with E-state index in [0.29, 0.717) is 0 Å². The Bertz CT molecular complexity index is 865. The fraction of sp³-hybridized carbons (Fsp3) is 0.350. The van der Waals surface area contributed by atoms with Crippen molar-refractivity contribution in [1.82, 2.24) is 9.88 Å². The van der Waals surface area contributed by atoms with Gasteiger partial charge in [-0.05, 0) is 69.1 Å². The molecule has 0 bridgehead atoms. The quantitative estimate of drug-likeness (QED) is 0.855. The summed E-state index contributed by atoms with van der Waals surface area (Å²) < 4.78 is 16.1. The molecule has 1 N–H and O–H groups in total. The van der Waals surface area contributed by atoms with Crippen LogP contribution in [0, 0.1) is 17.1 Å². The van der Waals surface area contributed by atoms with Crippen LogP contribution in [0.15, 0.2) is 36.1 Å². The standard InChI is InChI=1S/C18H15FN2.C2H7N/c19-15-8-14-5-2-6-21-11-17(16(9-15)18(14)21)13-4-1-3-12(7-13)10-20;1-3-2/h4,7-9,11H,1-3,5-6H2;3H,1-2H3. The largest absolute Gasteiger partial charge is 0.347 e. The highest BCUT2D eigenvalue weighted by Gasteiger charge is 2.19. The van der Waals surface area contributed by atoms with Crippen molar-refractivity contribution in [2.75, 3.05) is 14.1 Å². The molecule has 1 aromatic heterocycles. The van der Waals surface area contributed by atoms with Crippen molar-refractivity contribution in [2.24, 2.45) is 0 Å². The fourth-order valence-corrected chi connectivity index (χ4v) is 3.50. The number of hydrogen-bond acceptors (Lipinski definition) is 2. The van der Waals surface area contributed by atoms with Gasteiger partial charge in [-0.1, -0.05) is 6.08 Å². The van der Waals surface area contributed by atoms with Crippen LogP contribution in [-0.2, 0) is 13.0 Å². The highest BCUT2D eigenvalue weighted by atomic mass is 19.1. The Balaban J connectivity index is 0.000000526. The minimum absolute atomic E-state index is 0.167. The zero-order valence-electron chi connectivity index (χ0n) is 14.2. The minimum atomic E-state index is -0.167. The van der Waals surface area contributed by atoms with E-state index < -0.39 is 0 Å². The van der Waals surface area contributed by atoms with E-state index in [-0.39, 0.29) is 5.82 Å². The number of nitriles is 1. The van der Waals surface area contributed by atoms with Crippen LogP contribution in [0.5, 0.6) is 0 Å². The molecule has 24 heavy (non-hydrogen) atoms. The number of aromatic nitrogens is 1. The molecule has 0 radical (unpaired) electrons. The normalized spacial score (nSPS) is 15.9. The predicted molar refractivity (Wildman–Crippen MR) is 96.1 cm³/mol. The maximum absolute atomic E-state index is 13.9. The number of nitrogens with zero attached hydrogens (tertiary/aromatic N) is 2. The van der Waals surface area contributed by atoms with E-state index >= 15 is 0 Å². The summed E-state index contributed by atoms with van der Waals surface area (Å²) in [7, 11) is 3.75. The van der Waals surface area contributed by atoms with Gasteiger partial charge in [-0.3, -0.25) is 0 Å². The summed E-state index contributed by atoms with van der Waals surface area (Å²) in [5, 5.41) is 12.8. The summed E-state index contributed by atoms with van der Waals surface area (Å²) in [6, 6.07) is 5.54. The molecule has 0 atom stereocenters. The molecule has 0 fully saturated rings. The highest BCUT2D eigenvalue weighted by Crippen LogP contribution is 2.36. The average molecular weight is 323 g/mol. The van der Waals surface area contributed by atoms with E-state index in [1.54, 1.807) is 12.1 Å². The van der Waals surface area contributed by atoms with Gasteiger partial charge < -0.3 is 9.88 Å². The van der Waals surface area contributed by atoms with Crippen molar-refractivity contribution >= 4 is 16.5 Å². The monoisotopic (exact) mass is 323 g/mol. The summed E-state index contributed by atoms with van der Waals surface area (Å²) >= 11 is 0. The molecule has 1 aromatic carbocycles. The first-order valence-electron chi connectivity index (χ1n) is 8.39. The molecule has 4 rings (SSSR count). The lowest BCUT2D eigenvalue weighted by atomic mass is 9.94. The molecule has 2 aliphatic rings. The van der Waals surface area contributed by atoms with Crippen LogP contribution in [0.1, 0.15) is 30.4 Å². The molecule has 0 saturated carbocycles. The first-order valence-corrected chi connectivity index (χ1v) is 8.39.